The second-order valence-corrected chi connectivity index (χ2v) is 9.79. The molecular weight excluding hydrogens is 500 g/mol. The summed E-state index contributed by atoms with van der Waals surface area (Å²) >= 11 is 3.47. The average molecular weight is 527 g/mol. The Labute approximate surface area is 217 Å². The number of fused-ring (bicyclic) bond motifs is 2. The number of rotatable bonds is 3. The van der Waals surface area contributed by atoms with Crippen LogP contribution < -0.4 is 5.63 Å². The predicted octanol–water partition coefficient (Wildman–Crippen LogP) is 7.79. The summed E-state index contributed by atoms with van der Waals surface area (Å²) in [5.41, 5.74) is 4.18. The van der Waals surface area contributed by atoms with Gasteiger partial charge in [0.1, 0.15) is 11.3 Å². The highest BCUT2D eigenvalue weighted by Crippen LogP contribution is 2.45. The Morgan fingerprint density at radius 1 is 0.914 bits per heavy atom. The standard InChI is InChI=1S/C31H23BrO3/c32-24-15-13-20(14-16-24)19-9-11-21(12-10-19)23-17-22-5-1-2-6-25(22)27(18-23)29-30(33)26-7-3-4-8-28(26)35-31(29)34/h1-16,23,27,33H,17-18H2/i3D,4D,7D,8D. The monoisotopic (exact) mass is 526 g/mol. The van der Waals surface area contributed by atoms with Gasteiger partial charge in [-0.25, -0.2) is 4.79 Å². The summed E-state index contributed by atoms with van der Waals surface area (Å²) in [4.78, 5) is 13.3. The highest BCUT2D eigenvalue weighted by atomic mass is 79.9. The molecule has 35 heavy (non-hydrogen) atoms. The fourth-order valence-corrected chi connectivity index (χ4v) is 5.43. The number of para-hydroxylation sites is 1. The van der Waals surface area contributed by atoms with Crippen LogP contribution in [0.1, 0.15) is 46.0 Å². The first-order valence-electron chi connectivity index (χ1n) is 13.4. The molecule has 4 aromatic carbocycles. The maximum atomic E-state index is 13.3. The Bertz CT molecular complexity index is 1800. The molecule has 172 valence electrons. The van der Waals surface area contributed by atoms with Gasteiger partial charge in [-0.15, -0.1) is 0 Å². The molecule has 0 aliphatic heterocycles. The van der Waals surface area contributed by atoms with Gasteiger partial charge >= 0.3 is 5.63 Å². The third-order valence-electron chi connectivity index (χ3n) is 6.88. The van der Waals surface area contributed by atoms with E-state index in [9.17, 15) is 9.90 Å². The zero-order valence-electron chi connectivity index (χ0n) is 22.6. The lowest BCUT2D eigenvalue weighted by Crippen LogP contribution is -2.23. The van der Waals surface area contributed by atoms with Crippen molar-refractivity contribution in [1.82, 2.24) is 0 Å². The molecule has 1 aliphatic rings. The first-order chi connectivity index (χ1) is 18.7. The molecule has 4 heteroatoms. The van der Waals surface area contributed by atoms with E-state index in [2.05, 4.69) is 52.3 Å². The summed E-state index contributed by atoms with van der Waals surface area (Å²) in [5.74, 6) is -0.896. The van der Waals surface area contributed by atoms with E-state index in [1.54, 1.807) is 0 Å². The van der Waals surface area contributed by atoms with Gasteiger partial charge in [0.25, 0.3) is 0 Å². The number of hydrogen-bond donors (Lipinski definition) is 1. The Balaban J connectivity index is 1.45. The first-order valence-corrected chi connectivity index (χ1v) is 12.2. The average Bonchev–Trinajstić information content (AvgIpc) is 2.95. The van der Waals surface area contributed by atoms with Crippen LogP contribution in [0, 0.1) is 0 Å². The molecule has 2 atom stereocenters. The van der Waals surface area contributed by atoms with E-state index < -0.39 is 41.5 Å². The smallest absolute Gasteiger partial charge is 0.343 e. The van der Waals surface area contributed by atoms with Crippen LogP contribution in [-0.4, -0.2) is 5.11 Å². The molecule has 1 aromatic heterocycles. The fourth-order valence-electron chi connectivity index (χ4n) is 5.17. The van der Waals surface area contributed by atoms with Gasteiger partial charge in [-0.05, 0) is 70.8 Å². The van der Waals surface area contributed by atoms with Gasteiger partial charge in [0.15, 0.2) is 0 Å². The van der Waals surface area contributed by atoms with Crippen molar-refractivity contribution in [3.63, 3.8) is 0 Å². The molecule has 0 spiro atoms. The van der Waals surface area contributed by atoms with Crippen LogP contribution in [0.4, 0.5) is 0 Å². The zero-order valence-corrected chi connectivity index (χ0v) is 20.2. The minimum Gasteiger partial charge on any atom is -0.507 e. The summed E-state index contributed by atoms with van der Waals surface area (Å²) in [6.07, 6.45) is 1.30. The minimum absolute atomic E-state index is 0.0242. The fraction of sp³-hybridized carbons (Fsp3) is 0.129. The molecule has 0 radical (unpaired) electrons. The number of benzene rings is 4. The van der Waals surface area contributed by atoms with Crippen molar-refractivity contribution in [1.29, 1.82) is 0 Å². The normalized spacial score (nSPS) is 18.9. The van der Waals surface area contributed by atoms with Crippen LogP contribution in [0.25, 0.3) is 22.1 Å². The number of halogens is 1. The van der Waals surface area contributed by atoms with E-state index in [4.69, 9.17) is 9.90 Å². The molecule has 3 nitrogen and oxygen atoms in total. The third-order valence-corrected chi connectivity index (χ3v) is 7.41. The van der Waals surface area contributed by atoms with Crippen LogP contribution in [0.5, 0.6) is 5.75 Å². The van der Waals surface area contributed by atoms with E-state index in [0.29, 0.717) is 6.42 Å². The Kier molecular flexibility index (Phi) is 4.50. The van der Waals surface area contributed by atoms with Gasteiger partial charge in [-0.2, -0.15) is 0 Å². The molecule has 0 amide bonds. The Morgan fingerprint density at radius 3 is 2.37 bits per heavy atom. The van der Waals surface area contributed by atoms with Crippen molar-refractivity contribution >= 4 is 26.9 Å². The van der Waals surface area contributed by atoms with Gasteiger partial charge in [0.2, 0.25) is 0 Å². The van der Waals surface area contributed by atoms with Crippen molar-refractivity contribution in [3.8, 4) is 16.9 Å². The highest BCUT2D eigenvalue weighted by molar-refractivity contribution is 9.10. The van der Waals surface area contributed by atoms with Crippen LogP contribution >= 0.6 is 15.9 Å². The molecule has 1 aliphatic carbocycles. The molecule has 0 fully saturated rings. The summed E-state index contributed by atoms with van der Waals surface area (Å²) < 4.78 is 39.0. The van der Waals surface area contributed by atoms with E-state index in [1.165, 1.54) is 0 Å². The second-order valence-electron chi connectivity index (χ2n) is 8.87. The van der Waals surface area contributed by atoms with Crippen LogP contribution in [0.2, 0.25) is 0 Å². The molecule has 2 unspecified atom stereocenters. The van der Waals surface area contributed by atoms with Crippen molar-refractivity contribution in [2.45, 2.75) is 24.7 Å². The molecular formula is C31H23BrO3. The minimum atomic E-state index is -0.795. The van der Waals surface area contributed by atoms with Gasteiger partial charge in [-0.1, -0.05) is 88.7 Å². The highest BCUT2D eigenvalue weighted by Gasteiger charge is 2.33. The van der Waals surface area contributed by atoms with Crippen LogP contribution in [-0.2, 0) is 6.42 Å². The Morgan fingerprint density at radius 2 is 1.60 bits per heavy atom. The Hall–Kier alpha value is -3.63. The van der Waals surface area contributed by atoms with Crippen molar-refractivity contribution in [3.05, 3.63) is 134 Å². The van der Waals surface area contributed by atoms with Gasteiger partial charge in [-0.3, -0.25) is 0 Å². The molecule has 1 N–H and O–H groups in total. The molecule has 0 bridgehead atoms. The lowest BCUT2D eigenvalue weighted by Gasteiger charge is -2.32. The van der Waals surface area contributed by atoms with Crippen molar-refractivity contribution in [2.75, 3.05) is 0 Å². The van der Waals surface area contributed by atoms with Gasteiger partial charge in [0.05, 0.1) is 16.4 Å². The van der Waals surface area contributed by atoms with Crippen molar-refractivity contribution < 1.29 is 15.0 Å². The molecule has 0 saturated carbocycles. The SMILES string of the molecule is [2H]c1c([2H])c([2H])c2c(O)c(C3CC(c4ccc(-c5ccc(Br)cc5)cc4)Cc4ccccc43)c(=O)oc2c1[2H]. The second kappa shape index (κ2) is 8.86. The van der Waals surface area contributed by atoms with Gasteiger partial charge < -0.3 is 9.52 Å². The van der Waals surface area contributed by atoms with Gasteiger partial charge in [0, 0.05) is 10.4 Å². The lowest BCUT2D eigenvalue weighted by atomic mass is 9.72. The molecule has 5 aromatic rings. The third kappa shape index (κ3) is 3.98. The summed E-state index contributed by atoms with van der Waals surface area (Å²) in [7, 11) is 0. The van der Waals surface area contributed by atoms with E-state index in [1.807, 2.05) is 36.4 Å². The van der Waals surface area contributed by atoms with Crippen LogP contribution in [0.3, 0.4) is 0 Å². The summed E-state index contributed by atoms with van der Waals surface area (Å²) in [6.45, 7) is 0. The van der Waals surface area contributed by atoms with Crippen LogP contribution in [0.15, 0.2) is 111 Å². The summed E-state index contributed by atoms with van der Waals surface area (Å²) in [5, 5.41) is 11.2. The number of hydrogen-bond acceptors (Lipinski definition) is 3. The number of aromatic hydroxyl groups is 1. The van der Waals surface area contributed by atoms with Crippen molar-refractivity contribution in [2.24, 2.45) is 0 Å². The molecule has 0 saturated heterocycles. The largest absolute Gasteiger partial charge is 0.507 e. The molecule has 6 rings (SSSR count). The van der Waals surface area contributed by atoms with E-state index in [-0.39, 0.29) is 22.5 Å². The van der Waals surface area contributed by atoms with E-state index >= 15 is 0 Å². The van der Waals surface area contributed by atoms with E-state index in [0.717, 1.165) is 38.7 Å². The zero-order chi connectivity index (χ0) is 27.4. The predicted molar refractivity (Wildman–Crippen MR) is 143 cm³/mol. The molecule has 1 heterocycles. The maximum absolute atomic E-state index is 13.3. The first kappa shape index (κ1) is 17.8. The quantitative estimate of drug-likeness (QED) is 0.244. The maximum Gasteiger partial charge on any atom is 0.343 e. The lowest BCUT2D eigenvalue weighted by molar-refractivity contribution is 0.437. The topological polar surface area (TPSA) is 50.4 Å². The summed E-state index contributed by atoms with van der Waals surface area (Å²) in [6, 6.07) is 22.4.